The number of hydrogen-bond donors (Lipinski definition) is 1. The summed E-state index contributed by atoms with van der Waals surface area (Å²) in [6.07, 6.45) is 31.2. The van der Waals surface area contributed by atoms with E-state index in [4.69, 9.17) is 9.47 Å². The van der Waals surface area contributed by atoms with Crippen LogP contribution < -0.4 is 0 Å². The number of aliphatic hydroxyl groups is 1. The monoisotopic (exact) mass is 512 g/mol. The van der Waals surface area contributed by atoms with Crippen molar-refractivity contribution >= 4 is 5.97 Å². The summed E-state index contributed by atoms with van der Waals surface area (Å²) in [5, 5.41) is 9.49. The van der Waals surface area contributed by atoms with E-state index in [1.54, 1.807) is 0 Å². The molecular formula is C32H64O4. The van der Waals surface area contributed by atoms with E-state index < -0.39 is 6.10 Å². The molecule has 0 saturated carbocycles. The van der Waals surface area contributed by atoms with Crippen LogP contribution in [0.5, 0.6) is 0 Å². The van der Waals surface area contributed by atoms with Gasteiger partial charge >= 0.3 is 5.97 Å². The second kappa shape index (κ2) is 30.6. The Morgan fingerprint density at radius 3 is 1.31 bits per heavy atom. The highest BCUT2D eigenvalue weighted by Crippen LogP contribution is 2.14. The molecule has 1 unspecified atom stereocenters. The van der Waals surface area contributed by atoms with Crippen LogP contribution in [0.25, 0.3) is 0 Å². The number of unbranched alkanes of at least 4 members (excludes halogenated alkanes) is 22. The van der Waals surface area contributed by atoms with Crippen LogP contribution in [0.2, 0.25) is 0 Å². The molecule has 0 heterocycles. The van der Waals surface area contributed by atoms with E-state index in [1.165, 1.54) is 135 Å². The average Bonchev–Trinajstić information content (AvgIpc) is 2.88. The van der Waals surface area contributed by atoms with Crippen molar-refractivity contribution in [3.05, 3.63) is 0 Å². The predicted molar refractivity (Wildman–Crippen MR) is 155 cm³/mol. The normalized spacial score (nSPS) is 12.2. The van der Waals surface area contributed by atoms with Crippen molar-refractivity contribution in [3.63, 3.8) is 0 Å². The van der Waals surface area contributed by atoms with Gasteiger partial charge in [-0.25, -0.2) is 0 Å². The minimum absolute atomic E-state index is 0.164. The minimum Gasteiger partial charge on any atom is -0.457 e. The van der Waals surface area contributed by atoms with Gasteiger partial charge in [-0.15, -0.1) is 0 Å². The molecule has 0 aromatic rings. The fourth-order valence-electron chi connectivity index (χ4n) is 4.74. The van der Waals surface area contributed by atoms with E-state index in [-0.39, 0.29) is 12.6 Å². The van der Waals surface area contributed by atoms with E-state index in [9.17, 15) is 9.90 Å². The Bertz CT molecular complexity index is 426. The van der Waals surface area contributed by atoms with Gasteiger partial charge in [0.15, 0.2) is 0 Å². The topological polar surface area (TPSA) is 55.8 Å². The zero-order valence-corrected chi connectivity index (χ0v) is 24.5. The van der Waals surface area contributed by atoms with Crippen LogP contribution in [0.15, 0.2) is 0 Å². The molecule has 4 nitrogen and oxygen atoms in total. The van der Waals surface area contributed by atoms with E-state index in [1.807, 2.05) is 0 Å². The first-order valence-corrected chi connectivity index (χ1v) is 16.1. The number of rotatable bonds is 30. The van der Waals surface area contributed by atoms with E-state index in [2.05, 4.69) is 13.8 Å². The molecule has 4 heteroatoms. The van der Waals surface area contributed by atoms with Gasteiger partial charge in [0.05, 0.1) is 13.2 Å². The molecule has 0 bridgehead atoms. The Morgan fingerprint density at radius 1 is 0.556 bits per heavy atom. The SMILES string of the molecule is CCCCCCCCCCCCCCCCC(=O)OC(CO)COCCCCCCCCCCCC. The molecule has 0 radical (unpaired) electrons. The van der Waals surface area contributed by atoms with E-state index >= 15 is 0 Å². The summed E-state index contributed by atoms with van der Waals surface area (Å²) >= 11 is 0. The molecule has 216 valence electrons. The number of hydrogen-bond acceptors (Lipinski definition) is 4. The van der Waals surface area contributed by atoms with Crippen LogP contribution in [0.3, 0.4) is 0 Å². The number of carbonyl (C=O) groups is 1. The van der Waals surface area contributed by atoms with Crippen molar-refractivity contribution in [2.24, 2.45) is 0 Å². The lowest BCUT2D eigenvalue weighted by Gasteiger charge is -2.16. The van der Waals surface area contributed by atoms with Gasteiger partial charge < -0.3 is 14.6 Å². The highest BCUT2D eigenvalue weighted by Gasteiger charge is 2.13. The first kappa shape index (κ1) is 35.4. The van der Waals surface area contributed by atoms with Crippen LogP contribution >= 0.6 is 0 Å². The third-order valence-electron chi connectivity index (χ3n) is 7.18. The van der Waals surface area contributed by atoms with Gasteiger partial charge in [-0.05, 0) is 12.8 Å². The highest BCUT2D eigenvalue weighted by molar-refractivity contribution is 5.69. The summed E-state index contributed by atoms with van der Waals surface area (Å²) < 4.78 is 11.0. The molecule has 0 aliphatic heterocycles. The first-order valence-electron chi connectivity index (χ1n) is 16.1. The molecule has 0 aliphatic rings. The zero-order valence-electron chi connectivity index (χ0n) is 24.5. The molecule has 0 aromatic heterocycles. The van der Waals surface area contributed by atoms with Crippen molar-refractivity contribution in [3.8, 4) is 0 Å². The first-order chi connectivity index (χ1) is 17.7. The largest absolute Gasteiger partial charge is 0.457 e. The molecule has 0 rings (SSSR count). The van der Waals surface area contributed by atoms with E-state index in [0.717, 1.165) is 19.3 Å². The Hall–Kier alpha value is -0.610. The van der Waals surface area contributed by atoms with Crippen LogP contribution in [-0.4, -0.2) is 37.0 Å². The molecule has 1 atom stereocenters. The Kier molecular flexibility index (Phi) is 30.1. The lowest BCUT2D eigenvalue weighted by Crippen LogP contribution is -2.27. The average molecular weight is 513 g/mol. The van der Waals surface area contributed by atoms with Crippen molar-refractivity contribution in [1.82, 2.24) is 0 Å². The predicted octanol–water partition coefficient (Wildman–Crippen LogP) is 9.70. The van der Waals surface area contributed by atoms with Gasteiger partial charge in [0.2, 0.25) is 0 Å². The number of ether oxygens (including phenoxy) is 2. The molecule has 36 heavy (non-hydrogen) atoms. The second-order valence-electron chi connectivity index (χ2n) is 10.9. The molecule has 0 fully saturated rings. The van der Waals surface area contributed by atoms with Crippen molar-refractivity contribution in [2.75, 3.05) is 19.8 Å². The highest BCUT2D eigenvalue weighted by atomic mass is 16.6. The second-order valence-corrected chi connectivity index (χ2v) is 10.9. The zero-order chi connectivity index (χ0) is 26.4. The van der Waals surface area contributed by atoms with Crippen molar-refractivity contribution in [1.29, 1.82) is 0 Å². The van der Waals surface area contributed by atoms with Gasteiger partial charge in [0.25, 0.3) is 0 Å². The summed E-state index contributed by atoms with van der Waals surface area (Å²) in [7, 11) is 0. The maximum atomic E-state index is 12.1. The molecular weight excluding hydrogens is 448 g/mol. The lowest BCUT2D eigenvalue weighted by molar-refractivity contribution is -0.154. The number of esters is 1. The van der Waals surface area contributed by atoms with Gasteiger partial charge in [0, 0.05) is 13.0 Å². The van der Waals surface area contributed by atoms with Gasteiger partial charge in [-0.1, -0.05) is 155 Å². The maximum Gasteiger partial charge on any atom is 0.306 e. The van der Waals surface area contributed by atoms with Crippen LogP contribution in [-0.2, 0) is 14.3 Å². The van der Waals surface area contributed by atoms with Crippen LogP contribution in [0, 0.1) is 0 Å². The van der Waals surface area contributed by atoms with Crippen molar-refractivity contribution < 1.29 is 19.4 Å². The van der Waals surface area contributed by atoms with Crippen molar-refractivity contribution in [2.45, 2.75) is 180 Å². The molecule has 0 spiro atoms. The smallest absolute Gasteiger partial charge is 0.306 e. The quantitative estimate of drug-likeness (QED) is 0.0768. The summed E-state index contributed by atoms with van der Waals surface area (Å²) in [5.74, 6) is -0.199. The third kappa shape index (κ3) is 28.0. The third-order valence-corrected chi connectivity index (χ3v) is 7.18. The van der Waals surface area contributed by atoms with Gasteiger partial charge in [0.1, 0.15) is 6.10 Å². The van der Waals surface area contributed by atoms with Gasteiger partial charge in [-0.2, -0.15) is 0 Å². The summed E-state index contributed by atoms with van der Waals surface area (Å²) in [6, 6.07) is 0. The minimum atomic E-state index is -0.521. The Balaban J connectivity index is 3.40. The summed E-state index contributed by atoms with van der Waals surface area (Å²) in [6.45, 7) is 5.36. The fraction of sp³-hybridized carbons (Fsp3) is 0.969. The summed E-state index contributed by atoms with van der Waals surface area (Å²) in [4.78, 5) is 12.1. The van der Waals surface area contributed by atoms with Gasteiger partial charge in [-0.3, -0.25) is 4.79 Å². The Labute approximate surface area is 225 Å². The Morgan fingerprint density at radius 2 is 0.917 bits per heavy atom. The molecule has 0 aliphatic carbocycles. The number of aliphatic hydroxyl groups excluding tert-OH is 1. The molecule has 0 saturated heterocycles. The van der Waals surface area contributed by atoms with Crippen LogP contribution in [0.1, 0.15) is 174 Å². The van der Waals surface area contributed by atoms with Crippen LogP contribution in [0.4, 0.5) is 0 Å². The fourth-order valence-corrected chi connectivity index (χ4v) is 4.74. The maximum absolute atomic E-state index is 12.1. The summed E-state index contributed by atoms with van der Waals surface area (Å²) in [5.41, 5.74) is 0. The molecule has 1 N–H and O–H groups in total. The lowest BCUT2D eigenvalue weighted by atomic mass is 10.0. The van der Waals surface area contributed by atoms with E-state index in [0.29, 0.717) is 19.6 Å². The number of carbonyl (C=O) groups excluding carboxylic acids is 1. The molecule has 0 aromatic carbocycles. The standard InChI is InChI=1S/C32H64O4/c1-3-5-7-9-11-13-15-16-17-18-19-21-23-25-27-32(34)36-31(29-33)30-35-28-26-24-22-20-14-12-10-8-6-4-2/h31,33H,3-30H2,1-2H3. The molecule has 0 amide bonds.